The van der Waals surface area contributed by atoms with Crippen molar-refractivity contribution in [1.82, 2.24) is 5.01 Å². The van der Waals surface area contributed by atoms with Crippen molar-refractivity contribution in [3.05, 3.63) is 68.6 Å². The average Bonchev–Trinajstić information content (AvgIpc) is 2.46. The maximum absolute atomic E-state index is 7.47. The second kappa shape index (κ2) is 6.87. The number of nitrogens with zero attached hydrogens (tertiary/aromatic N) is 2. The van der Waals surface area contributed by atoms with Crippen molar-refractivity contribution in [1.29, 1.82) is 5.41 Å². The third-order valence-corrected chi connectivity index (χ3v) is 3.89. The Kier molecular flexibility index (Phi) is 5.14. The normalized spacial score (nSPS) is 10.0. The summed E-state index contributed by atoms with van der Waals surface area (Å²) in [5, 5.41) is 13.3. The molecule has 0 spiro atoms. The van der Waals surface area contributed by atoms with Crippen molar-refractivity contribution >= 4 is 43.5 Å². The van der Waals surface area contributed by atoms with Crippen LogP contribution in [0, 0.1) is 5.41 Å². The van der Waals surface area contributed by atoms with Gasteiger partial charge < -0.3 is 5.73 Å². The lowest BCUT2D eigenvalue weighted by molar-refractivity contribution is 0.534. The van der Waals surface area contributed by atoms with Crippen molar-refractivity contribution in [3.8, 4) is 0 Å². The fourth-order valence-electron chi connectivity index (χ4n) is 1.70. The highest BCUT2D eigenvalue weighted by atomic mass is 79.9. The summed E-state index contributed by atoms with van der Waals surface area (Å²) in [7, 11) is 1.65. The summed E-state index contributed by atoms with van der Waals surface area (Å²) in [6.07, 6.45) is 0. The Morgan fingerprint density at radius 3 is 1.67 bits per heavy atom. The molecule has 0 aliphatic rings. The van der Waals surface area contributed by atoms with E-state index in [1.807, 2.05) is 48.5 Å². The van der Waals surface area contributed by atoms with Gasteiger partial charge in [0.15, 0.2) is 0 Å². The number of hydrogen-bond donors (Lipinski definition) is 2. The summed E-state index contributed by atoms with van der Waals surface area (Å²) >= 11 is 6.85. The van der Waals surface area contributed by atoms with Crippen molar-refractivity contribution in [2.45, 2.75) is 0 Å². The largest absolute Gasteiger partial charge is 0.369 e. The molecule has 0 saturated carbocycles. The van der Waals surface area contributed by atoms with Crippen LogP contribution in [-0.2, 0) is 0 Å². The highest BCUT2D eigenvalue weighted by Gasteiger charge is 2.09. The van der Waals surface area contributed by atoms with Gasteiger partial charge >= 0.3 is 0 Å². The summed E-state index contributed by atoms with van der Waals surface area (Å²) in [5.74, 6) is -0.110. The van der Waals surface area contributed by atoms with Gasteiger partial charge in [-0.2, -0.15) is 5.10 Å². The number of halogens is 2. The molecular weight excluding hydrogens is 396 g/mol. The molecule has 0 saturated heterocycles. The van der Waals surface area contributed by atoms with Gasteiger partial charge in [-0.25, -0.2) is 5.01 Å². The van der Waals surface area contributed by atoms with Gasteiger partial charge in [-0.3, -0.25) is 5.41 Å². The van der Waals surface area contributed by atoms with Gasteiger partial charge in [0, 0.05) is 27.1 Å². The molecule has 0 aliphatic carbocycles. The van der Waals surface area contributed by atoms with Crippen LogP contribution in [0.2, 0.25) is 0 Å². The van der Waals surface area contributed by atoms with Gasteiger partial charge in [-0.15, -0.1) is 0 Å². The van der Waals surface area contributed by atoms with E-state index in [-0.39, 0.29) is 5.96 Å². The molecular formula is C15H14Br2N4. The van der Waals surface area contributed by atoms with Gasteiger partial charge in [-0.05, 0) is 24.3 Å². The summed E-state index contributed by atoms with van der Waals surface area (Å²) < 4.78 is 2.00. The number of hydrazone groups is 1. The molecule has 0 atom stereocenters. The van der Waals surface area contributed by atoms with E-state index >= 15 is 0 Å². The summed E-state index contributed by atoms with van der Waals surface area (Å²) in [5.41, 5.74) is 8.14. The molecule has 0 fully saturated rings. The molecule has 0 unspecified atom stereocenters. The molecule has 2 rings (SSSR count). The zero-order chi connectivity index (χ0) is 15.4. The van der Waals surface area contributed by atoms with Crippen LogP contribution in [0.5, 0.6) is 0 Å². The van der Waals surface area contributed by atoms with Crippen molar-refractivity contribution in [2.75, 3.05) is 7.05 Å². The molecule has 0 heterocycles. The first kappa shape index (κ1) is 15.7. The highest BCUT2D eigenvalue weighted by Crippen LogP contribution is 2.18. The Morgan fingerprint density at radius 2 is 1.33 bits per heavy atom. The van der Waals surface area contributed by atoms with Gasteiger partial charge in [-0.1, -0.05) is 56.1 Å². The van der Waals surface area contributed by atoms with Gasteiger partial charge in [0.25, 0.3) is 0 Å². The van der Waals surface area contributed by atoms with E-state index in [2.05, 4.69) is 37.0 Å². The van der Waals surface area contributed by atoms with E-state index in [0.29, 0.717) is 0 Å². The molecule has 0 aromatic heterocycles. The maximum Gasteiger partial charge on any atom is 0.209 e. The lowest BCUT2D eigenvalue weighted by Crippen LogP contribution is -2.29. The highest BCUT2D eigenvalue weighted by molar-refractivity contribution is 9.10. The maximum atomic E-state index is 7.47. The molecule has 0 bridgehead atoms. The zero-order valence-corrected chi connectivity index (χ0v) is 14.5. The van der Waals surface area contributed by atoms with E-state index < -0.39 is 0 Å². The van der Waals surface area contributed by atoms with Crippen molar-refractivity contribution in [3.63, 3.8) is 0 Å². The summed E-state index contributed by atoms with van der Waals surface area (Å²) in [6.45, 7) is 0. The second-order valence-electron chi connectivity index (χ2n) is 4.37. The number of guanidine groups is 1. The molecule has 21 heavy (non-hydrogen) atoms. The van der Waals surface area contributed by atoms with Crippen LogP contribution in [0.4, 0.5) is 0 Å². The van der Waals surface area contributed by atoms with Crippen LogP contribution in [0.3, 0.4) is 0 Å². The van der Waals surface area contributed by atoms with Crippen LogP contribution in [-0.4, -0.2) is 23.7 Å². The first-order valence-corrected chi connectivity index (χ1v) is 7.74. The third-order valence-electron chi connectivity index (χ3n) is 2.83. The molecule has 6 heteroatoms. The molecule has 2 aromatic rings. The predicted molar refractivity (Wildman–Crippen MR) is 93.6 cm³/mol. The number of rotatable bonds is 3. The standard InChI is InChI=1S/C15H14Br2N4/c1-21(15(18)19)20-14(10-2-6-12(16)7-3-10)11-4-8-13(17)9-5-11/h2-9H,1H3,(H3,18,19). The van der Waals surface area contributed by atoms with Crippen LogP contribution < -0.4 is 5.73 Å². The Balaban J connectivity index is 2.51. The van der Waals surface area contributed by atoms with E-state index in [1.165, 1.54) is 5.01 Å². The zero-order valence-electron chi connectivity index (χ0n) is 11.3. The molecule has 0 aliphatic heterocycles. The third kappa shape index (κ3) is 4.15. The van der Waals surface area contributed by atoms with Crippen molar-refractivity contribution < 1.29 is 0 Å². The minimum atomic E-state index is -0.110. The Labute approximate surface area is 140 Å². The van der Waals surface area contributed by atoms with E-state index in [0.717, 1.165) is 25.8 Å². The summed E-state index contributed by atoms with van der Waals surface area (Å²) in [6, 6.07) is 15.7. The minimum absolute atomic E-state index is 0.110. The predicted octanol–water partition coefficient (Wildman–Crippen LogP) is 3.79. The smallest absolute Gasteiger partial charge is 0.209 e. The Morgan fingerprint density at radius 1 is 0.952 bits per heavy atom. The molecule has 108 valence electrons. The molecule has 4 nitrogen and oxygen atoms in total. The first-order chi connectivity index (χ1) is 9.97. The van der Waals surface area contributed by atoms with E-state index in [9.17, 15) is 0 Å². The monoisotopic (exact) mass is 408 g/mol. The lowest BCUT2D eigenvalue weighted by Gasteiger charge is -2.14. The van der Waals surface area contributed by atoms with Crippen LogP contribution >= 0.6 is 31.9 Å². The molecule has 0 radical (unpaired) electrons. The van der Waals surface area contributed by atoms with Crippen molar-refractivity contribution in [2.24, 2.45) is 10.8 Å². The number of benzene rings is 2. The molecule has 3 N–H and O–H groups in total. The van der Waals surface area contributed by atoms with E-state index in [4.69, 9.17) is 11.1 Å². The minimum Gasteiger partial charge on any atom is -0.369 e. The quantitative estimate of drug-likeness (QED) is 0.460. The van der Waals surface area contributed by atoms with Gasteiger partial charge in [0.05, 0.1) is 5.71 Å². The fraction of sp³-hybridized carbons (Fsp3) is 0.0667. The SMILES string of the molecule is CN(N=C(c1ccc(Br)cc1)c1ccc(Br)cc1)C(=N)N. The Hall–Kier alpha value is -1.66. The Bertz CT molecular complexity index is 616. The average molecular weight is 410 g/mol. The lowest BCUT2D eigenvalue weighted by atomic mass is 10.0. The van der Waals surface area contributed by atoms with Gasteiger partial charge in [0.1, 0.15) is 0 Å². The van der Waals surface area contributed by atoms with Crippen LogP contribution in [0.25, 0.3) is 0 Å². The van der Waals surface area contributed by atoms with Gasteiger partial charge in [0.2, 0.25) is 5.96 Å². The molecule has 0 amide bonds. The fourth-order valence-corrected chi connectivity index (χ4v) is 2.23. The first-order valence-electron chi connectivity index (χ1n) is 6.15. The number of hydrogen-bond acceptors (Lipinski definition) is 2. The molecule has 2 aromatic carbocycles. The topological polar surface area (TPSA) is 65.5 Å². The van der Waals surface area contributed by atoms with E-state index in [1.54, 1.807) is 7.05 Å². The number of nitrogens with two attached hydrogens (primary N) is 1. The summed E-state index contributed by atoms with van der Waals surface area (Å²) in [4.78, 5) is 0. The second-order valence-corrected chi connectivity index (χ2v) is 6.20. The number of nitrogens with one attached hydrogen (secondary N) is 1. The van der Waals surface area contributed by atoms with Crippen LogP contribution in [0.1, 0.15) is 11.1 Å². The van der Waals surface area contributed by atoms with Crippen LogP contribution in [0.15, 0.2) is 62.6 Å².